The number of aryl methyl sites for hydroxylation is 1. The quantitative estimate of drug-likeness (QED) is 0.409. The molecular weight excluding hydrogens is 458 g/mol. The number of rotatable bonds is 8. The molecule has 0 bridgehead atoms. The molecular formula is C29H31NO6. The van der Waals surface area contributed by atoms with Crippen LogP contribution in [-0.2, 0) is 15.1 Å². The fourth-order valence-electron chi connectivity index (χ4n) is 4.85. The number of methoxy groups -OCH3 is 3. The van der Waals surface area contributed by atoms with Crippen LogP contribution >= 0.6 is 0 Å². The van der Waals surface area contributed by atoms with Gasteiger partial charge in [0.15, 0.2) is 11.5 Å². The number of carbonyl (C=O) groups is 2. The average Bonchev–Trinajstić information content (AvgIpc) is 3.11. The first-order valence-electron chi connectivity index (χ1n) is 11.8. The number of benzene rings is 3. The molecule has 0 saturated heterocycles. The van der Waals surface area contributed by atoms with Gasteiger partial charge < -0.3 is 23.8 Å². The zero-order chi connectivity index (χ0) is 26.0. The van der Waals surface area contributed by atoms with Crippen molar-refractivity contribution in [1.29, 1.82) is 0 Å². The van der Waals surface area contributed by atoms with Gasteiger partial charge in [-0.2, -0.15) is 0 Å². The van der Waals surface area contributed by atoms with Crippen LogP contribution in [0.2, 0.25) is 0 Å². The molecule has 1 atom stereocenters. The Balaban J connectivity index is 2.07. The van der Waals surface area contributed by atoms with Crippen molar-refractivity contribution in [2.24, 2.45) is 5.92 Å². The number of hydrogen-bond acceptors (Lipinski definition) is 6. The van der Waals surface area contributed by atoms with E-state index in [1.54, 1.807) is 35.2 Å². The van der Waals surface area contributed by atoms with E-state index in [1.165, 1.54) is 21.3 Å². The van der Waals surface area contributed by atoms with Crippen molar-refractivity contribution in [3.63, 3.8) is 0 Å². The second-order valence-electron chi connectivity index (χ2n) is 9.10. The minimum absolute atomic E-state index is 0.177. The van der Waals surface area contributed by atoms with Crippen molar-refractivity contribution in [2.45, 2.75) is 26.4 Å². The lowest BCUT2D eigenvalue weighted by atomic mass is 9.83. The summed E-state index contributed by atoms with van der Waals surface area (Å²) in [6.45, 7) is 6.36. The molecule has 0 fully saturated rings. The summed E-state index contributed by atoms with van der Waals surface area (Å²) in [5, 5.41) is 0. The third-order valence-corrected chi connectivity index (χ3v) is 6.30. The molecule has 0 spiro atoms. The summed E-state index contributed by atoms with van der Waals surface area (Å²) in [6.07, 6.45) is 0. The van der Waals surface area contributed by atoms with Crippen LogP contribution in [0.4, 0.5) is 5.69 Å². The molecule has 188 valence electrons. The molecule has 1 aliphatic heterocycles. The summed E-state index contributed by atoms with van der Waals surface area (Å²) < 4.78 is 23.3. The molecule has 7 nitrogen and oxygen atoms in total. The van der Waals surface area contributed by atoms with E-state index in [1.807, 2.05) is 51.1 Å². The minimum Gasteiger partial charge on any atom is -0.493 e. The lowest BCUT2D eigenvalue weighted by Gasteiger charge is -2.33. The highest BCUT2D eigenvalue weighted by molar-refractivity contribution is 6.11. The Morgan fingerprint density at radius 3 is 2.17 bits per heavy atom. The molecule has 1 aliphatic rings. The van der Waals surface area contributed by atoms with E-state index in [2.05, 4.69) is 0 Å². The van der Waals surface area contributed by atoms with Gasteiger partial charge in [-0.3, -0.25) is 4.79 Å². The van der Waals surface area contributed by atoms with Crippen molar-refractivity contribution < 1.29 is 28.5 Å². The average molecular weight is 490 g/mol. The van der Waals surface area contributed by atoms with Crippen LogP contribution in [0.15, 0.2) is 60.7 Å². The predicted molar refractivity (Wildman–Crippen MR) is 137 cm³/mol. The van der Waals surface area contributed by atoms with Gasteiger partial charge in [-0.05, 0) is 42.7 Å². The second-order valence-corrected chi connectivity index (χ2v) is 9.10. The molecule has 1 heterocycles. The zero-order valence-electron chi connectivity index (χ0n) is 21.5. The molecule has 3 aromatic rings. The number of carbonyl (C=O) groups excluding carboxylic acids is 2. The summed E-state index contributed by atoms with van der Waals surface area (Å²) in [7, 11) is 4.52. The van der Waals surface area contributed by atoms with Gasteiger partial charge in [-0.25, -0.2) is 4.79 Å². The molecule has 4 rings (SSSR count). The zero-order valence-corrected chi connectivity index (χ0v) is 21.5. The molecule has 1 unspecified atom stereocenters. The summed E-state index contributed by atoms with van der Waals surface area (Å²) in [5.41, 5.74) is 0.840. The summed E-state index contributed by atoms with van der Waals surface area (Å²) in [4.78, 5) is 29.7. The number of hydrogen-bond donors (Lipinski definition) is 0. The molecule has 36 heavy (non-hydrogen) atoms. The second kappa shape index (κ2) is 9.93. The third kappa shape index (κ3) is 3.94. The molecule has 0 saturated carbocycles. The summed E-state index contributed by atoms with van der Waals surface area (Å²) in [6, 6.07) is 17.8. The standard InChI is InChI=1S/C29H31NO6/c1-18(2)17-30-22-15-11-10-14-21(22)29(28(30)32,36-27(31)20-12-8-7-9-13-20)24-19(3)16-23(33-4)25(34-5)26(24)35-6/h7-16,18H,17H2,1-6H3. The lowest BCUT2D eigenvalue weighted by Crippen LogP contribution is -2.46. The Kier molecular flexibility index (Phi) is 6.93. The van der Waals surface area contributed by atoms with Crippen molar-refractivity contribution in [2.75, 3.05) is 32.8 Å². The van der Waals surface area contributed by atoms with E-state index >= 15 is 0 Å². The van der Waals surface area contributed by atoms with Gasteiger partial charge in [0.25, 0.3) is 5.91 Å². The van der Waals surface area contributed by atoms with E-state index in [9.17, 15) is 9.59 Å². The molecule has 0 N–H and O–H groups in total. The maximum absolute atomic E-state index is 14.5. The maximum atomic E-state index is 14.5. The van der Waals surface area contributed by atoms with Crippen molar-refractivity contribution in [1.82, 2.24) is 0 Å². The first-order chi connectivity index (χ1) is 17.3. The van der Waals surface area contributed by atoms with Gasteiger partial charge >= 0.3 is 5.97 Å². The van der Waals surface area contributed by atoms with Crippen molar-refractivity contribution in [3.8, 4) is 17.2 Å². The molecule has 7 heteroatoms. The van der Waals surface area contributed by atoms with Crippen LogP contribution in [0.1, 0.15) is 40.9 Å². The Bertz CT molecular complexity index is 1290. The van der Waals surface area contributed by atoms with Crippen LogP contribution in [0.5, 0.6) is 17.2 Å². The number of fused-ring (bicyclic) bond motifs is 1. The number of anilines is 1. The van der Waals surface area contributed by atoms with Gasteiger partial charge in [0, 0.05) is 12.1 Å². The Hall–Kier alpha value is -4.00. The number of ether oxygens (including phenoxy) is 4. The first kappa shape index (κ1) is 25.1. The van der Waals surface area contributed by atoms with Crippen LogP contribution in [0, 0.1) is 12.8 Å². The van der Waals surface area contributed by atoms with Crippen LogP contribution in [0.3, 0.4) is 0 Å². The van der Waals surface area contributed by atoms with E-state index < -0.39 is 11.6 Å². The SMILES string of the molecule is COc1cc(C)c(C2(OC(=O)c3ccccc3)C(=O)N(CC(C)C)c3ccccc32)c(OC)c1OC. The molecule has 3 aromatic carbocycles. The first-order valence-corrected chi connectivity index (χ1v) is 11.8. The van der Waals surface area contributed by atoms with Gasteiger partial charge in [0.2, 0.25) is 11.4 Å². The number of nitrogens with zero attached hydrogens (tertiary/aromatic N) is 1. The normalized spacial score (nSPS) is 16.6. The van der Waals surface area contributed by atoms with Gasteiger partial charge in [0.1, 0.15) is 0 Å². The molecule has 0 radical (unpaired) electrons. The fourth-order valence-corrected chi connectivity index (χ4v) is 4.85. The minimum atomic E-state index is -1.80. The van der Waals surface area contributed by atoms with Crippen LogP contribution in [-0.4, -0.2) is 39.8 Å². The highest BCUT2D eigenvalue weighted by Gasteiger charge is 2.58. The highest BCUT2D eigenvalue weighted by atomic mass is 16.6. The number of amides is 1. The lowest BCUT2D eigenvalue weighted by molar-refractivity contribution is -0.133. The van der Waals surface area contributed by atoms with E-state index in [0.717, 1.165) is 0 Å². The third-order valence-electron chi connectivity index (χ3n) is 6.30. The Morgan fingerprint density at radius 2 is 1.56 bits per heavy atom. The van der Waals surface area contributed by atoms with Gasteiger partial charge in [0.05, 0.1) is 38.1 Å². The number of esters is 1. The largest absolute Gasteiger partial charge is 0.493 e. The maximum Gasteiger partial charge on any atom is 0.339 e. The van der Waals surface area contributed by atoms with Crippen molar-refractivity contribution in [3.05, 3.63) is 82.9 Å². The van der Waals surface area contributed by atoms with E-state index in [4.69, 9.17) is 18.9 Å². The summed E-state index contributed by atoms with van der Waals surface area (Å²) >= 11 is 0. The predicted octanol–water partition coefficient (Wildman–Crippen LogP) is 5.12. The van der Waals surface area contributed by atoms with E-state index in [0.29, 0.717) is 46.0 Å². The fraction of sp³-hybridized carbons (Fsp3) is 0.310. The number of para-hydroxylation sites is 1. The van der Waals surface area contributed by atoms with Gasteiger partial charge in [-0.1, -0.05) is 50.2 Å². The summed E-state index contributed by atoms with van der Waals surface area (Å²) in [5.74, 6) is 0.207. The highest BCUT2D eigenvalue weighted by Crippen LogP contribution is 2.54. The van der Waals surface area contributed by atoms with E-state index in [-0.39, 0.29) is 17.6 Å². The van der Waals surface area contributed by atoms with Crippen LogP contribution < -0.4 is 19.1 Å². The Labute approximate surface area is 211 Å². The van der Waals surface area contributed by atoms with Crippen LogP contribution in [0.25, 0.3) is 0 Å². The molecule has 1 amide bonds. The van der Waals surface area contributed by atoms with Crippen molar-refractivity contribution >= 4 is 17.6 Å². The molecule has 0 aliphatic carbocycles. The smallest absolute Gasteiger partial charge is 0.339 e. The topological polar surface area (TPSA) is 74.3 Å². The monoisotopic (exact) mass is 489 g/mol. The van der Waals surface area contributed by atoms with Gasteiger partial charge in [-0.15, -0.1) is 0 Å². The Morgan fingerprint density at radius 1 is 0.917 bits per heavy atom. The molecule has 0 aromatic heterocycles.